The SMILES string of the molecule is Cc1cc(S(=O)(=O)N[C@@H](Cn2nccn2)C(C)C)ccc1F. The third kappa shape index (κ3) is 3.89. The summed E-state index contributed by atoms with van der Waals surface area (Å²) in [4.78, 5) is 1.48. The predicted octanol–water partition coefficient (Wildman–Crippen LogP) is 1.73. The van der Waals surface area contributed by atoms with E-state index < -0.39 is 15.8 Å². The molecule has 0 aliphatic heterocycles. The second kappa shape index (κ2) is 6.53. The molecule has 1 aromatic carbocycles. The minimum Gasteiger partial charge on any atom is -0.207 e. The van der Waals surface area contributed by atoms with Crippen molar-refractivity contribution in [2.24, 2.45) is 5.92 Å². The normalized spacial score (nSPS) is 13.5. The van der Waals surface area contributed by atoms with Crippen molar-refractivity contribution in [3.05, 3.63) is 42.0 Å². The Labute approximate surface area is 129 Å². The third-order valence-electron chi connectivity index (χ3n) is 3.38. The summed E-state index contributed by atoms with van der Waals surface area (Å²) >= 11 is 0. The van der Waals surface area contributed by atoms with Gasteiger partial charge in [-0.3, -0.25) is 0 Å². The van der Waals surface area contributed by atoms with Crippen LogP contribution < -0.4 is 4.72 Å². The van der Waals surface area contributed by atoms with Crippen LogP contribution in [0.1, 0.15) is 19.4 Å². The quantitative estimate of drug-likeness (QED) is 0.877. The first-order valence-corrected chi connectivity index (χ1v) is 8.40. The number of nitrogens with one attached hydrogen (secondary N) is 1. The predicted molar refractivity (Wildman–Crippen MR) is 80.1 cm³/mol. The number of sulfonamides is 1. The number of benzene rings is 1. The molecule has 0 saturated carbocycles. The number of aromatic nitrogens is 3. The molecule has 1 atom stereocenters. The first-order valence-electron chi connectivity index (χ1n) is 6.92. The molecule has 0 amide bonds. The maximum absolute atomic E-state index is 13.3. The molecule has 22 heavy (non-hydrogen) atoms. The van der Waals surface area contributed by atoms with Gasteiger partial charge in [-0.15, -0.1) is 0 Å². The Kier molecular flexibility index (Phi) is 4.92. The first kappa shape index (κ1) is 16.6. The number of aryl methyl sites for hydroxylation is 1. The molecule has 0 saturated heterocycles. The van der Waals surface area contributed by atoms with E-state index in [-0.39, 0.29) is 22.4 Å². The zero-order valence-corrected chi connectivity index (χ0v) is 13.5. The zero-order valence-electron chi connectivity index (χ0n) is 12.7. The van der Waals surface area contributed by atoms with Crippen LogP contribution in [0.25, 0.3) is 0 Å². The molecule has 120 valence electrons. The van der Waals surface area contributed by atoms with Crippen molar-refractivity contribution < 1.29 is 12.8 Å². The Bertz CT molecular complexity index is 729. The fraction of sp³-hybridized carbons (Fsp3) is 0.429. The molecule has 1 aromatic heterocycles. The molecule has 0 unspecified atom stereocenters. The van der Waals surface area contributed by atoms with Gasteiger partial charge in [0.15, 0.2) is 0 Å². The van der Waals surface area contributed by atoms with Crippen LogP contribution >= 0.6 is 0 Å². The summed E-state index contributed by atoms with van der Waals surface area (Å²) in [6.07, 6.45) is 3.07. The van der Waals surface area contributed by atoms with E-state index in [1.165, 1.54) is 36.2 Å². The van der Waals surface area contributed by atoms with Crippen molar-refractivity contribution in [2.45, 2.75) is 38.3 Å². The highest BCUT2D eigenvalue weighted by Gasteiger charge is 2.24. The average Bonchev–Trinajstić information content (AvgIpc) is 2.93. The van der Waals surface area contributed by atoms with E-state index in [4.69, 9.17) is 0 Å². The number of rotatable bonds is 6. The second-order valence-electron chi connectivity index (χ2n) is 5.47. The summed E-state index contributed by atoms with van der Waals surface area (Å²) in [7, 11) is -3.73. The van der Waals surface area contributed by atoms with Crippen molar-refractivity contribution >= 4 is 10.0 Å². The minimum atomic E-state index is -3.73. The van der Waals surface area contributed by atoms with E-state index in [9.17, 15) is 12.8 Å². The molecular formula is C14H19FN4O2S. The van der Waals surface area contributed by atoms with E-state index in [0.717, 1.165) is 6.07 Å². The molecule has 6 nitrogen and oxygen atoms in total. The van der Waals surface area contributed by atoms with E-state index >= 15 is 0 Å². The monoisotopic (exact) mass is 326 g/mol. The summed E-state index contributed by atoms with van der Waals surface area (Å²) < 4.78 is 40.8. The fourth-order valence-corrected chi connectivity index (χ4v) is 3.41. The lowest BCUT2D eigenvalue weighted by atomic mass is 10.1. The van der Waals surface area contributed by atoms with Crippen molar-refractivity contribution in [3.8, 4) is 0 Å². The smallest absolute Gasteiger partial charge is 0.207 e. The lowest BCUT2D eigenvalue weighted by Gasteiger charge is -2.21. The van der Waals surface area contributed by atoms with E-state index in [1.807, 2.05) is 13.8 Å². The van der Waals surface area contributed by atoms with Gasteiger partial charge in [0, 0.05) is 6.04 Å². The zero-order chi connectivity index (χ0) is 16.3. The molecular weight excluding hydrogens is 307 g/mol. The fourth-order valence-electron chi connectivity index (χ4n) is 1.95. The molecule has 0 bridgehead atoms. The Morgan fingerprint density at radius 2 is 1.91 bits per heavy atom. The van der Waals surface area contributed by atoms with Gasteiger partial charge in [0.1, 0.15) is 5.82 Å². The molecule has 2 aromatic rings. The van der Waals surface area contributed by atoms with Gasteiger partial charge in [-0.1, -0.05) is 13.8 Å². The third-order valence-corrected chi connectivity index (χ3v) is 4.87. The van der Waals surface area contributed by atoms with Crippen LogP contribution in [-0.2, 0) is 16.6 Å². The lowest BCUT2D eigenvalue weighted by Crippen LogP contribution is -2.41. The summed E-state index contributed by atoms with van der Waals surface area (Å²) in [5.74, 6) is -0.387. The molecule has 1 heterocycles. The highest BCUT2D eigenvalue weighted by molar-refractivity contribution is 7.89. The van der Waals surface area contributed by atoms with Crippen LogP contribution in [0.5, 0.6) is 0 Å². The van der Waals surface area contributed by atoms with Crippen molar-refractivity contribution in [3.63, 3.8) is 0 Å². The second-order valence-corrected chi connectivity index (χ2v) is 7.18. The van der Waals surface area contributed by atoms with Crippen molar-refractivity contribution in [1.82, 2.24) is 19.7 Å². The Morgan fingerprint density at radius 1 is 1.27 bits per heavy atom. The topological polar surface area (TPSA) is 76.9 Å². The molecule has 0 aliphatic carbocycles. The molecule has 1 N–H and O–H groups in total. The first-order chi connectivity index (χ1) is 10.3. The van der Waals surface area contributed by atoms with Gasteiger partial charge >= 0.3 is 0 Å². The molecule has 0 radical (unpaired) electrons. The van der Waals surface area contributed by atoms with Crippen LogP contribution in [0.2, 0.25) is 0 Å². The van der Waals surface area contributed by atoms with Gasteiger partial charge in [0.05, 0.1) is 23.8 Å². The number of hydrogen-bond donors (Lipinski definition) is 1. The minimum absolute atomic E-state index is 0.0438. The summed E-state index contributed by atoms with van der Waals surface area (Å²) in [6.45, 7) is 5.67. The highest BCUT2D eigenvalue weighted by atomic mass is 32.2. The maximum Gasteiger partial charge on any atom is 0.240 e. The van der Waals surface area contributed by atoms with Gasteiger partial charge in [0.2, 0.25) is 10.0 Å². The largest absolute Gasteiger partial charge is 0.240 e. The maximum atomic E-state index is 13.3. The van der Waals surface area contributed by atoms with Crippen molar-refractivity contribution in [1.29, 1.82) is 0 Å². The molecule has 8 heteroatoms. The number of hydrogen-bond acceptors (Lipinski definition) is 4. The van der Waals surface area contributed by atoms with Gasteiger partial charge in [-0.05, 0) is 36.6 Å². The Balaban J connectivity index is 2.22. The van der Waals surface area contributed by atoms with E-state index in [2.05, 4.69) is 14.9 Å². The Morgan fingerprint density at radius 3 is 2.45 bits per heavy atom. The van der Waals surface area contributed by atoms with Crippen LogP contribution in [0.3, 0.4) is 0 Å². The number of nitrogens with zero attached hydrogens (tertiary/aromatic N) is 3. The molecule has 0 spiro atoms. The highest BCUT2D eigenvalue weighted by Crippen LogP contribution is 2.16. The average molecular weight is 326 g/mol. The van der Waals surface area contributed by atoms with E-state index in [1.54, 1.807) is 0 Å². The van der Waals surface area contributed by atoms with Crippen LogP contribution in [0, 0.1) is 18.7 Å². The Hall–Kier alpha value is -1.80. The van der Waals surface area contributed by atoms with Gasteiger partial charge in [-0.2, -0.15) is 15.0 Å². The standard InChI is InChI=1S/C14H19FN4O2S/c1-10(2)14(9-19-16-6-7-17-19)18-22(20,21)12-4-5-13(15)11(3)8-12/h4-8,10,14,18H,9H2,1-3H3/t14-/m0/s1. The lowest BCUT2D eigenvalue weighted by molar-refractivity contribution is 0.361. The summed E-state index contributed by atoms with van der Waals surface area (Å²) in [5, 5.41) is 7.98. The summed E-state index contributed by atoms with van der Waals surface area (Å²) in [5.41, 5.74) is 0.290. The van der Waals surface area contributed by atoms with Crippen LogP contribution in [0.15, 0.2) is 35.5 Å². The van der Waals surface area contributed by atoms with Gasteiger partial charge in [0.25, 0.3) is 0 Å². The molecule has 0 fully saturated rings. The van der Waals surface area contributed by atoms with Gasteiger partial charge < -0.3 is 0 Å². The molecule has 2 rings (SSSR count). The van der Waals surface area contributed by atoms with Crippen LogP contribution in [0.4, 0.5) is 4.39 Å². The summed E-state index contributed by atoms with van der Waals surface area (Å²) in [6, 6.07) is 3.36. The van der Waals surface area contributed by atoms with Gasteiger partial charge in [-0.25, -0.2) is 17.5 Å². The number of halogens is 1. The van der Waals surface area contributed by atoms with Crippen LogP contribution in [-0.4, -0.2) is 29.5 Å². The van der Waals surface area contributed by atoms with Crippen molar-refractivity contribution in [2.75, 3.05) is 0 Å². The van der Waals surface area contributed by atoms with E-state index in [0.29, 0.717) is 6.54 Å². The molecule has 0 aliphatic rings.